The van der Waals surface area contributed by atoms with Crippen LogP contribution in [0.15, 0.2) is 0 Å². The van der Waals surface area contributed by atoms with E-state index in [1.54, 1.807) is 0 Å². The van der Waals surface area contributed by atoms with Gasteiger partial charge < -0.3 is 4.74 Å². The zero-order valence-corrected chi connectivity index (χ0v) is 8.50. The second-order valence-electron chi connectivity index (χ2n) is 2.58. The summed E-state index contributed by atoms with van der Waals surface area (Å²) in [6.07, 6.45) is 2.05. The molecule has 68 valence electrons. The Hall–Kier alpha value is 0.540. The quantitative estimate of drug-likeness (QED) is 0.452. The van der Waals surface area contributed by atoms with Crippen LogP contribution in [0.5, 0.6) is 0 Å². The molecule has 0 saturated heterocycles. The lowest BCUT2D eigenvalue weighted by Gasteiger charge is -2.09. The summed E-state index contributed by atoms with van der Waals surface area (Å²) in [4.78, 5) is 0. The summed E-state index contributed by atoms with van der Waals surface area (Å²) in [6.45, 7) is 3.73. The molecule has 0 heterocycles. The summed E-state index contributed by atoms with van der Waals surface area (Å²) < 4.78 is 5.30. The van der Waals surface area contributed by atoms with Gasteiger partial charge in [-0.05, 0) is 18.8 Å². The van der Waals surface area contributed by atoms with Gasteiger partial charge in [-0.2, -0.15) is 0 Å². The Balaban J connectivity index is 3.07. The lowest BCUT2D eigenvalue weighted by atomic mass is 10.1. The Kier molecular flexibility index (Phi) is 9.06. The fraction of sp³-hybridized carbons (Fsp3) is 1.00. The molecule has 0 atom stereocenters. The third-order valence-corrected chi connectivity index (χ3v) is 2.33. The molecule has 3 heteroatoms. The molecule has 0 aliphatic heterocycles. The van der Waals surface area contributed by atoms with E-state index < -0.39 is 0 Å². The van der Waals surface area contributed by atoms with E-state index in [9.17, 15) is 0 Å². The highest BCUT2D eigenvalue weighted by Crippen LogP contribution is 2.07. The van der Waals surface area contributed by atoms with E-state index in [1.807, 2.05) is 0 Å². The fourth-order valence-corrected chi connectivity index (χ4v) is 1.33. The maximum atomic E-state index is 5.64. The molecule has 0 aromatic carbocycles. The van der Waals surface area contributed by atoms with Crippen molar-refractivity contribution >= 4 is 23.2 Å². The van der Waals surface area contributed by atoms with Crippen LogP contribution in [-0.4, -0.2) is 25.0 Å². The van der Waals surface area contributed by atoms with Gasteiger partial charge in [0.25, 0.3) is 0 Å². The molecule has 1 nitrogen and oxygen atoms in total. The van der Waals surface area contributed by atoms with Crippen LogP contribution >= 0.6 is 23.2 Å². The molecule has 0 aliphatic carbocycles. The van der Waals surface area contributed by atoms with Crippen molar-refractivity contribution < 1.29 is 4.74 Å². The molecule has 0 aliphatic rings. The first kappa shape index (κ1) is 11.5. The first-order valence-corrected chi connectivity index (χ1v) is 5.11. The summed E-state index contributed by atoms with van der Waals surface area (Å²) >= 11 is 11.3. The minimum Gasteiger partial charge on any atom is -0.381 e. The summed E-state index contributed by atoms with van der Waals surface area (Å²) in [7, 11) is 0. The van der Waals surface area contributed by atoms with Crippen molar-refractivity contribution in [1.82, 2.24) is 0 Å². The van der Waals surface area contributed by atoms with Crippen molar-refractivity contribution in [3.05, 3.63) is 0 Å². The van der Waals surface area contributed by atoms with E-state index in [-0.39, 0.29) is 0 Å². The average molecular weight is 199 g/mol. The zero-order valence-electron chi connectivity index (χ0n) is 6.98. The van der Waals surface area contributed by atoms with Gasteiger partial charge in [-0.25, -0.2) is 0 Å². The van der Waals surface area contributed by atoms with Gasteiger partial charge in [0, 0.05) is 25.0 Å². The highest BCUT2D eigenvalue weighted by molar-refractivity contribution is 6.20. The van der Waals surface area contributed by atoms with Crippen LogP contribution in [0.1, 0.15) is 19.8 Å². The van der Waals surface area contributed by atoms with Crippen LogP contribution in [-0.2, 0) is 4.74 Å². The van der Waals surface area contributed by atoms with Crippen LogP contribution in [0.25, 0.3) is 0 Å². The smallest absolute Gasteiger partial charge is 0.0469 e. The maximum Gasteiger partial charge on any atom is 0.0469 e. The molecular weight excluding hydrogens is 183 g/mol. The van der Waals surface area contributed by atoms with Gasteiger partial charge in [0.05, 0.1) is 0 Å². The van der Waals surface area contributed by atoms with Gasteiger partial charge in [0.15, 0.2) is 0 Å². The van der Waals surface area contributed by atoms with E-state index in [0.29, 0.717) is 17.7 Å². The van der Waals surface area contributed by atoms with E-state index in [4.69, 9.17) is 27.9 Å². The van der Waals surface area contributed by atoms with Crippen LogP contribution < -0.4 is 0 Å². The SMILES string of the molecule is CCCOCCC(CCl)CCl. The molecule has 0 amide bonds. The van der Waals surface area contributed by atoms with Crippen LogP contribution in [0.4, 0.5) is 0 Å². The number of rotatable bonds is 7. The van der Waals surface area contributed by atoms with E-state index in [2.05, 4.69) is 6.92 Å². The van der Waals surface area contributed by atoms with E-state index >= 15 is 0 Å². The third kappa shape index (κ3) is 6.92. The van der Waals surface area contributed by atoms with Crippen LogP contribution in [0.3, 0.4) is 0 Å². The minimum atomic E-state index is 0.412. The van der Waals surface area contributed by atoms with Crippen molar-refractivity contribution in [3.63, 3.8) is 0 Å². The van der Waals surface area contributed by atoms with Gasteiger partial charge in [-0.15, -0.1) is 23.2 Å². The molecule has 0 radical (unpaired) electrons. The van der Waals surface area contributed by atoms with E-state index in [0.717, 1.165) is 26.1 Å². The number of ether oxygens (including phenoxy) is 1. The third-order valence-electron chi connectivity index (χ3n) is 1.46. The molecule has 11 heavy (non-hydrogen) atoms. The molecule has 0 spiro atoms. The highest BCUT2D eigenvalue weighted by Gasteiger charge is 2.04. The summed E-state index contributed by atoms with van der Waals surface area (Å²) in [5, 5.41) is 0. The standard InChI is InChI=1S/C8H16Cl2O/c1-2-4-11-5-3-8(6-9)7-10/h8H,2-7H2,1H3. The summed E-state index contributed by atoms with van der Waals surface area (Å²) in [6, 6.07) is 0. The van der Waals surface area contributed by atoms with Crippen molar-refractivity contribution in [1.29, 1.82) is 0 Å². The Labute approximate surface area is 79.0 Å². The molecular formula is C8H16Cl2O. The van der Waals surface area contributed by atoms with Gasteiger partial charge >= 0.3 is 0 Å². The highest BCUT2D eigenvalue weighted by atomic mass is 35.5. The maximum absolute atomic E-state index is 5.64. The number of halogens is 2. The number of alkyl halides is 2. The molecule has 0 N–H and O–H groups in total. The second kappa shape index (κ2) is 8.63. The molecule has 0 unspecified atom stereocenters. The lowest BCUT2D eigenvalue weighted by Crippen LogP contribution is -2.08. The molecule has 0 saturated carbocycles. The fourth-order valence-electron chi connectivity index (χ4n) is 0.692. The first-order chi connectivity index (χ1) is 5.35. The van der Waals surface area contributed by atoms with Crippen molar-refractivity contribution in [2.75, 3.05) is 25.0 Å². The molecule has 0 aromatic rings. The second-order valence-corrected chi connectivity index (χ2v) is 3.19. The van der Waals surface area contributed by atoms with Gasteiger partial charge in [0.2, 0.25) is 0 Å². The largest absolute Gasteiger partial charge is 0.381 e. The summed E-state index contributed by atoms with van der Waals surface area (Å²) in [5.41, 5.74) is 0. The van der Waals surface area contributed by atoms with Crippen LogP contribution in [0, 0.1) is 5.92 Å². The Morgan fingerprint density at radius 1 is 1.18 bits per heavy atom. The Bertz CT molecular complexity index is 74.5. The van der Waals surface area contributed by atoms with Gasteiger partial charge in [-0.1, -0.05) is 6.92 Å². The van der Waals surface area contributed by atoms with Gasteiger partial charge in [-0.3, -0.25) is 0 Å². The predicted molar refractivity (Wildman–Crippen MR) is 50.7 cm³/mol. The summed E-state index contributed by atoms with van der Waals surface area (Å²) in [5.74, 6) is 1.69. The predicted octanol–water partition coefficient (Wildman–Crippen LogP) is 2.90. The molecule has 0 rings (SSSR count). The molecule has 0 bridgehead atoms. The van der Waals surface area contributed by atoms with Crippen LogP contribution in [0.2, 0.25) is 0 Å². The molecule has 0 fully saturated rings. The normalized spacial score (nSPS) is 10.9. The average Bonchev–Trinajstić information content (AvgIpc) is 2.05. The zero-order chi connectivity index (χ0) is 8.53. The monoisotopic (exact) mass is 198 g/mol. The molecule has 0 aromatic heterocycles. The minimum absolute atomic E-state index is 0.412. The van der Waals surface area contributed by atoms with Gasteiger partial charge in [0.1, 0.15) is 0 Å². The number of hydrogen-bond acceptors (Lipinski definition) is 1. The first-order valence-electron chi connectivity index (χ1n) is 4.04. The Morgan fingerprint density at radius 3 is 2.27 bits per heavy atom. The van der Waals surface area contributed by atoms with Crippen molar-refractivity contribution in [2.24, 2.45) is 5.92 Å². The van der Waals surface area contributed by atoms with Crippen molar-refractivity contribution in [2.45, 2.75) is 19.8 Å². The number of hydrogen-bond donors (Lipinski definition) is 0. The van der Waals surface area contributed by atoms with Crippen molar-refractivity contribution in [3.8, 4) is 0 Å². The topological polar surface area (TPSA) is 9.23 Å². The lowest BCUT2D eigenvalue weighted by molar-refractivity contribution is 0.125. The van der Waals surface area contributed by atoms with E-state index in [1.165, 1.54) is 0 Å². The Morgan fingerprint density at radius 2 is 1.82 bits per heavy atom.